The zero-order chi connectivity index (χ0) is 22.1. The van der Waals surface area contributed by atoms with Crippen LogP contribution in [0.4, 0.5) is 0 Å². The van der Waals surface area contributed by atoms with Gasteiger partial charge >= 0.3 is 10.3 Å². The summed E-state index contributed by atoms with van der Waals surface area (Å²) in [6, 6.07) is 2.91. The molecule has 162 valence electrons. The summed E-state index contributed by atoms with van der Waals surface area (Å²) in [4.78, 5) is 29.4. The molecule has 1 saturated heterocycles. The topological polar surface area (TPSA) is 171 Å². The minimum atomic E-state index is -4.61. The van der Waals surface area contributed by atoms with Crippen LogP contribution >= 0.6 is 11.3 Å². The summed E-state index contributed by atoms with van der Waals surface area (Å²) in [6.07, 6.45) is 0.830. The minimum absolute atomic E-state index is 0.0437. The van der Waals surface area contributed by atoms with Gasteiger partial charge in [-0.3, -0.25) is 19.5 Å². The van der Waals surface area contributed by atoms with E-state index in [0.717, 1.165) is 12.3 Å². The monoisotopic (exact) mass is 458 g/mol. The highest BCUT2D eigenvalue weighted by atomic mass is 32.2. The quantitative estimate of drug-likeness (QED) is 0.137. The third-order valence-electron chi connectivity index (χ3n) is 4.36. The number of pyridine rings is 1. The molecule has 0 unspecified atom stereocenters. The Morgan fingerprint density at radius 3 is 2.73 bits per heavy atom. The molecule has 1 amide bonds. The van der Waals surface area contributed by atoms with E-state index in [1.165, 1.54) is 18.3 Å². The number of aromatic nitrogens is 1. The van der Waals surface area contributed by atoms with E-state index in [0.29, 0.717) is 19.6 Å². The maximum absolute atomic E-state index is 12.0. The van der Waals surface area contributed by atoms with Crippen molar-refractivity contribution in [3.8, 4) is 5.75 Å². The zero-order valence-corrected chi connectivity index (χ0v) is 17.1. The molecule has 0 bridgehead atoms. The maximum Gasteiger partial charge on any atom is 0.362 e. The molecule has 1 aliphatic rings. The molecule has 30 heavy (non-hydrogen) atoms. The number of aromatic hydroxyl groups is 1. The number of rotatable bonds is 8. The molecule has 0 aromatic carbocycles. The van der Waals surface area contributed by atoms with E-state index in [-0.39, 0.29) is 18.8 Å². The van der Waals surface area contributed by atoms with Gasteiger partial charge in [0.15, 0.2) is 12.4 Å². The number of hydrogen-bond donors (Lipinski definition) is 4. The van der Waals surface area contributed by atoms with Gasteiger partial charge < -0.3 is 15.2 Å². The molecule has 1 fully saturated rings. The van der Waals surface area contributed by atoms with Crippen LogP contribution in [0.5, 0.6) is 5.75 Å². The molecule has 3 heterocycles. The summed E-state index contributed by atoms with van der Waals surface area (Å²) < 4.78 is 32.3. The Balaban J connectivity index is 1.68. The molecule has 4 N–H and O–H groups in total. The van der Waals surface area contributed by atoms with Crippen LogP contribution in [0.2, 0.25) is 0 Å². The molecule has 1 aliphatic heterocycles. The second-order valence-corrected chi connectivity index (χ2v) is 8.60. The average molecular weight is 458 g/mol. The van der Waals surface area contributed by atoms with Crippen molar-refractivity contribution in [1.29, 1.82) is 0 Å². The van der Waals surface area contributed by atoms with Crippen molar-refractivity contribution in [3.05, 3.63) is 50.6 Å². The number of hydrogen-bond acceptors (Lipinski definition) is 10. The van der Waals surface area contributed by atoms with Gasteiger partial charge in [0.25, 0.3) is 5.91 Å². The van der Waals surface area contributed by atoms with Gasteiger partial charge in [0, 0.05) is 12.6 Å². The number of carbonyl (C=O) groups is 1. The molecule has 0 saturated carbocycles. The van der Waals surface area contributed by atoms with Gasteiger partial charge in [0.1, 0.15) is 17.4 Å². The van der Waals surface area contributed by atoms with E-state index in [2.05, 4.69) is 10.5 Å². The van der Waals surface area contributed by atoms with Gasteiger partial charge in [0.05, 0.1) is 17.1 Å². The summed E-state index contributed by atoms with van der Waals surface area (Å²) in [5, 5.41) is 27.6. The molecule has 2 aromatic rings. The SMILES string of the molecule is C[C@H]1[C@H](NC/C(=N/OCc2cc(=O)c(O)cn2O)c2cccs2)C(=O)N1S(=O)(=O)O. The summed E-state index contributed by atoms with van der Waals surface area (Å²) in [5.41, 5.74) is -0.253. The van der Waals surface area contributed by atoms with Crippen LogP contribution in [0.3, 0.4) is 0 Å². The largest absolute Gasteiger partial charge is 0.503 e. The Morgan fingerprint density at radius 2 is 2.13 bits per heavy atom. The molecular weight excluding hydrogens is 440 g/mol. The summed E-state index contributed by atoms with van der Waals surface area (Å²) in [6.45, 7) is 1.23. The number of amides is 1. The minimum Gasteiger partial charge on any atom is -0.503 e. The smallest absolute Gasteiger partial charge is 0.362 e. The number of nitrogens with zero attached hydrogens (tertiary/aromatic N) is 3. The Hall–Kier alpha value is -2.94. The number of nitrogens with one attached hydrogen (secondary N) is 1. The highest BCUT2D eigenvalue weighted by Crippen LogP contribution is 2.23. The number of oxime groups is 1. The van der Waals surface area contributed by atoms with Crippen LogP contribution in [-0.4, -0.2) is 62.6 Å². The molecule has 3 rings (SSSR count). The fourth-order valence-electron chi connectivity index (χ4n) is 2.83. The van der Waals surface area contributed by atoms with Crippen molar-refractivity contribution in [1.82, 2.24) is 14.4 Å². The van der Waals surface area contributed by atoms with Gasteiger partial charge in [-0.1, -0.05) is 11.2 Å². The Morgan fingerprint density at radius 1 is 1.40 bits per heavy atom. The lowest BCUT2D eigenvalue weighted by molar-refractivity contribution is -0.141. The van der Waals surface area contributed by atoms with Gasteiger partial charge in [-0.05, 0) is 18.4 Å². The second-order valence-electron chi connectivity index (χ2n) is 6.36. The van der Waals surface area contributed by atoms with E-state index in [1.807, 2.05) is 0 Å². The fourth-order valence-corrected chi connectivity index (χ4v) is 4.42. The highest BCUT2D eigenvalue weighted by Gasteiger charge is 2.50. The van der Waals surface area contributed by atoms with Gasteiger partial charge in [0.2, 0.25) is 5.43 Å². The van der Waals surface area contributed by atoms with Crippen LogP contribution < -0.4 is 10.7 Å². The first-order chi connectivity index (χ1) is 14.1. The van der Waals surface area contributed by atoms with Crippen LogP contribution in [0.25, 0.3) is 0 Å². The molecule has 0 radical (unpaired) electrons. The van der Waals surface area contributed by atoms with Crippen molar-refractivity contribution in [3.63, 3.8) is 0 Å². The van der Waals surface area contributed by atoms with Crippen LogP contribution in [-0.2, 0) is 26.5 Å². The predicted octanol–water partition coefficient (Wildman–Crippen LogP) is -0.235. The Kier molecular flexibility index (Phi) is 6.12. The van der Waals surface area contributed by atoms with E-state index >= 15 is 0 Å². The third-order valence-corrected chi connectivity index (χ3v) is 6.28. The Labute approximate surface area is 174 Å². The molecule has 2 atom stereocenters. The van der Waals surface area contributed by atoms with Crippen molar-refractivity contribution in [2.45, 2.75) is 25.6 Å². The lowest BCUT2D eigenvalue weighted by atomic mass is 10.0. The van der Waals surface area contributed by atoms with Crippen LogP contribution in [0.1, 0.15) is 17.5 Å². The standard InChI is InChI=1S/C16H18N4O8S2/c1-9-15(16(23)20(9)30(25,26)27)17-6-11(14-3-2-4-29-14)18-28-8-10-5-12(21)13(22)7-19(10)24/h2-5,7,9,15,17,22,24H,6,8H2,1H3,(H,25,26,27)/b18-11-/t9-,15-/m0/s1. The predicted molar refractivity (Wildman–Crippen MR) is 105 cm³/mol. The van der Waals surface area contributed by atoms with Crippen molar-refractivity contribution >= 4 is 33.3 Å². The highest BCUT2D eigenvalue weighted by molar-refractivity contribution is 7.84. The molecule has 2 aromatic heterocycles. The zero-order valence-electron chi connectivity index (χ0n) is 15.5. The van der Waals surface area contributed by atoms with Crippen LogP contribution in [0, 0.1) is 0 Å². The van der Waals surface area contributed by atoms with Crippen molar-refractivity contribution in [2.24, 2.45) is 5.16 Å². The number of thiophene rings is 1. The van der Waals surface area contributed by atoms with Gasteiger partial charge in [-0.2, -0.15) is 13.1 Å². The molecule has 14 heteroatoms. The van der Waals surface area contributed by atoms with Gasteiger partial charge in [-0.25, -0.2) is 4.31 Å². The Bertz CT molecular complexity index is 1130. The molecular formula is C16H18N4O8S2. The molecule has 12 nitrogen and oxygen atoms in total. The lowest BCUT2D eigenvalue weighted by Gasteiger charge is -2.42. The van der Waals surface area contributed by atoms with E-state index < -0.39 is 39.5 Å². The van der Waals surface area contributed by atoms with E-state index in [4.69, 9.17) is 9.39 Å². The molecule has 0 aliphatic carbocycles. The maximum atomic E-state index is 12.0. The number of β-lactam (4-membered cyclic amide) rings is 1. The van der Waals surface area contributed by atoms with Gasteiger partial charge in [-0.15, -0.1) is 11.3 Å². The first-order valence-electron chi connectivity index (χ1n) is 8.50. The summed E-state index contributed by atoms with van der Waals surface area (Å²) in [7, 11) is -4.61. The average Bonchev–Trinajstić information content (AvgIpc) is 3.18. The van der Waals surface area contributed by atoms with Crippen LogP contribution in [0.15, 0.2) is 39.7 Å². The normalized spacial score (nSPS) is 19.6. The van der Waals surface area contributed by atoms with Crippen molar-refractivity contribution in [2.75, 3.05) is 6.54 Å². The summed E-state index contributed by atoms with van der Waals surface area (Å²) in [5.74, 6) is -1.41. The summed E-state index contributed by atoms with van der Waals surface area (Å²) >= 11 is 1.35. The lowest BCUT2D eigenvalue weighted by Crippen LogP contribution is -2.70. The second kappa shape index (κ2) is 8.43. The van der Waals surface area contributed by atoms with E-state index in [1.54, 1.807) is 17.5 Å². The first-order valence-corrected chi connectivity index (χ1v) is 10.8. The van der Waals surface area contributed by atoms with Crippen molar-refractivity contribution < 1.29 is 32.9 Å². The number of carbonyl (C=O) groups excluding carboxylic acids is 1. The molecule has 0 spiro atoms. The fraction of sp³-hybridized carbons (Fsp3) is 0.312. The third kappa shape index (κ3) is 4.46. The first kappa shape index (κ1) is 21.8. The van der Waals surface area contributed by atoms with E-state index in [9.17, 15) is 28.3 Å².